The van der Waals surface area contributed by atoms with Crippen LogP contribution < -0.4 is 11.2 Å². The molecule has 8 nitrogen and oxygen atoms in total. The molecule has 1 atom stereocenters. The number of imidazole rings is 1. The quantitative estimate of drug-likeness (QED) is 0.473. The van der Waals surface area contributed by atoms with Crippen LogP contribution in [0, 0.1) is 0 Å². The molecule has 0 saturated carbocycles. The van der Waals surface area contributed by atoms with Crippen molar-refractivity contribution in [2.24, 2.45) is 0 Å². The molecule has 0 amide bonds. The van der Waals surface area contributed by atoms with E-state index in [-0.39, 0.29) is 11.6 Å². The standard InChI is InChI=1S/C25H30N6O2/c1-3-4-13-30-21(17-29-15-14-28-12-8-11-20(28)18(29)2)26-23-22(30)24(32)27-25(33)31(23)16-19-9-6-5-7-10-19/h5-12,18H,3-4,13-17H2,1-2H3,(H,27,32,33). The minimum Gasteiger partial charge on any atom is -0.349 e. The van der Waals surface area contributed by atoms with Crippen LogP contribution in [0.1, 0.15) is 49.8 Å². The van der Waals surface area contributed by atoms with Crippen molar-refractivity contribution in [3.63, 3.8) is 0 Å². The first-order valence-electron chi connectivity index (χ1n) is 11.7. The number of hydrogen-bond acceptors (Lipinski definition) is 4. The number of fused-ring (bicyclic) bond motifs is 2. The van der Waals surface area contributed by atoms with Crippen molar-refractivity contribution in [3.05, 3.63) is 86.6 Å². The molecule has 8 heteroatoms. The monoisotopic (exact) mass is 446 g/mol. The Balaban J connectivity index is 1.59. The van der Waals surface area contributed by atoms with Gasteiger partial charge in [0.2, 0.25) is 0 Å². The molecule has 1 aromatic carbocycles. The van der Waals surface area contributed by atoms with Crippen LogP contribution in [0.25, 0.3) is 11.2 Å². The van der Waals surface area contributed by atoms with E-state index in [0.29, 0.717) is 30.8 Å². The first-order chi connectivity index (χ1) is 16.1. The summed E-state index contributed by atoms with van der Waals surface area (Å²) in [5, 5.41) is 0. The van der Waals surface area contributed by atoms with E-state index in [0.717, 1.165) is 37.3 Å². The summed E-state index contributed by atoms with van der Waals surface area (Å²) in [6.45, 7) is 7.88. The predicted molar refractivity (Wildman–Crippen MR) is 128 cm³/mol. The molecule has 1 aliphatic rings. The van der Waals surface area contributed by atoms with Crippen LogP contribution >= 0.6 is 0 Å². The average Bonchev–Trinajstić information content (AvgIpc) is 3.43. The van der Waals surface area contributed by atoms with Gasteiger partial charge in [-0.05, 0) is 31.0 Å². The second-order valence-corrected chi connectivity index (χ2v) is 8.81. The molecule has 0 fully saturated rings. The van der Waals surface area contributed by atoms with Crippen molar-refractivity contribution in [2.45, 2.75) is 58.9 Å². The molecule has 1 unspecified atom stereocenters. The molecule has 4 heterocycles. The zero-order chi connectivity index (χ0) is 22.9. The van der Waals surface area contributed by atoms with E-state index in [1.54, 1.807) is 4.57 Å². The number of unbranched alkanes of at least 4 members (excludes halogenated alkanes) is 1. The molecular formula is C25H30N6O2. The van der Waals surface area contributed by atoms with Gasteiger partial charge in [-0.2, -0.15) is 0 Å². The summed E-state index contributed by atoms with van der Waals surface area (Å²) < 4.78 is 5.91. The Hall–Kier alpha value is -3.39. The van der Waals surface area contributed by atoms with Crippen LogP contribution in [-0.2, 0) is 26.2 Å². The normalized spacial score (nSPS) is 16.4. The lowest BCUT2D eigenvalue weighted by atomic mass is 10.1. The second kappa shape index (κ2) is 8.86. The van der Waals surface area contributed by atoms with Crippen LogP contribution in [0.5, 0.6) is 0 Å². The lowest BCUT2D eigenvalue weighted by Gasteiger charge is -2.34. The Labute approximate surface area is 192 Å². The number of nitrogens with zero attached hydrogens (tertiary/aromatic N) is 5. The van der Waals surface area contributed by atoms with E-state index in [4.69, 9.17) is 4.98 Å². The molecule has 0 bridgehead atoms. The Kier molecular flexibility index (Phi) is 5.76. The van der Waals surface area contributed by atoms with Crippen molar-refractivity contribution in [1.29, 1.82) is 0 Å². The molecule has 1 N–H and O–H groups in total. The number of hydrogen-bond donors (Lipinski definition) is 1. The van der Waals surface area contributed by atoms with Crippen molar-refractivity contribution in [2.75, 3.05) is 6.54 Å². The highest BCUT2D eigenvalue weighted by molar-refractivity contribution is 5.71. The molecule has 0 saturated heterocycles. The van der Waals surface area contributed by atoms with E-state index < -0.39 is 5.69 Å². The fourth-order valence-electron chi connectivity index (χ4n) is 4.83. The third-order valence-electron chi connectivity index (χ3n) is 6.70. The van der Waals surface area contributed by atoms with E-state index in [1.165, 1.54) is 5.69 Å². The molecule has 1 aliphatic heterocycles. The third kappa shape index (κ3) is 3.95. The number of aromatic amines is 1. The lowest BCUT2D eigenvalue weighted by Crippen LogP contribution is -2.36. The van der Waals surface area contributed by atoms with Crippen LogP contribution in [0.15, 0.2) is 58.3 Å². The Morgan fingerprint density at radius 3 is 2.64 bits per heavy atom. The summed E-state index contributed by atoms with van der Waals surface area (Å²) in [7, 11) is 0. The molecule has 172 valence electrons. The summed E-state index contributed by atoms with van der Waals surface area (Å²) in [5.41, 5.74) is 2.44. The highest BCUT2D eigenvalue weighted by atomic mass is 16.2. The highest BCUT2D eigenvalue weighted by Gasteiger charge is 2.26. The Morgan fingerprint density at radius 2 is 1.85 bits per heavy atom. The van der Waals surface area contributed by atoms with E-state index in [1.807, 2.05) is 34.9 Å². The zero-order valence-corrected chi connectivity index (χ0v) is 19.2. The fourth-order valence-corrected chi connectivity index (χ4v) is 4.83. The van der Waals surface area contributed by atoms with Gasteiger partial charge in [0.05, 0.1) is 13.1 Å². The summed E-state index contributed by atoms with van der Waals surface area (Å²) >= 11 is 0. The van der Waals surface area contributed by atoms with E-state index in [9.17, 15) is 9.59 Å². The summed E-state index contributed by atoms with van der Waals surface area (Å²) in [5.74, 6) is 0.836. The minimum atomic E-state index is -0.424. The van der Waals surface area contributed by atoms with Gasteiger partial charge in [0.1, 0.15) is 5.82 Å². The highest BCUT2D eigenvalue weighted by Crippen LogP contribution is 2.27. The van der Waals surface area contributed by atoms with Crippen LogP contribution in [-0.4, -0.2) is 35.1 Å². The van der Waals surface area contributed by atoms with Crippen LogP contribution in [0.4, 0.5) is 0 Å². The first kappa shape index (κ1) is 21.5. The van der Waals surface area contributed by atoms with Gasteiger partial charge < -0.3 is 9.13 Å². The SMILES string of the molecule is CCCCn1c(CN2CCn3cccc3C2C)nc2c1c(=O)[nH]c(=O)n2Cc1ccccc1. The summed E-state index contributed by atoms with van der Waals surface area (Å²) in [6.07, 6.45) is 4.07. The molecule has 5 rings (SSSR count). The topological polar surface area (TPSA) is 80.8 Å². The zero-order valence-electron chi connectivity index (χ0n) is 19.2. The molecule has 4 aromatic rings. The average molecular weight is 447 g/mol. The number of benzene rings is 1. The molecule has 0 spiro atoms. The van der Waals surface area contributed by atoms with Crippen LogP contribution in [0.2, 0.25) is 0 Å². The number of aryl methyl sites for hydroxylation is 1. The number of H-pyrrole nitrogens is 1. The smallest absolute Gasteiger partial charge is 0.330 e. The molecule has 33 heavy (non-hydrogen) atoms. The third-order valence-corrected chi connectivity index (χ3v) is 6.70. The van der Waals surface area contributed by atoms with Crippen molar-refractivity contribution < 1.29 is 0 Å². The van der Waals surface area contributed by atoms with Crippen molar-refractivity contribution >= 4 is 11.2 Å². The Morgan fingerprint density at radius 1 is 1.03 bits per heavy atom. The van der Waals surface area contributed by atoms with Gasteiger partial charge in [-0.25, -0.2) is 9.78 Å². The van der Waals surface area contributed by atoms with Crippen molar-refractivity contribution in [3.8, 4) is 0 Å². The Bertz CT molecular complexity index is 1380. The van der Waals surface area contributed by atoms with Gasteiger partial charge >= 0.3 is 5.69 Å². The first-order valence-corrected chi connectivity index (χ1v) is 11.7. The fraction of sp³-hybridized carbons (Fsp3) is 0.400. The number of aromatic nitrogens is 5. The molecule has 0 radical (unpaired) electrons. The molecule has 0 aliphatic carbocycles. The van der Waals surface area contributed by atoms with Gasteiger partial charge in [0.25, 0.3) is 5.56 Å². The van der Waals surface area contributed by atoms with Crippen LogP contribution in [0.3, 0.4) is 0 Å². The maximum atomic E-state index is 12.9. The molecular weight excluding hydrogens is 416 g/mol. The minimum absolute atomic E-state index is 0.248. The van der Waals surface area contributed by atoms with Crippen molar-refractivity contribution in [1.82, 2.24) is 28.6 Å². The molecule has 3 aromatic heterocycles. The van der Waals surface area contributed by atoms with Gasteiger partial charge in [0.15, 0.2) is 11.2 Å². The van der Waals surface area contributed by atoms with E-state index >= 15 is 0 Å². The van der Waals surface area contributed by atoms with Gasteiger partial charge in [-0.3, -0.25) is 19.2 Å². The lowest BCUT2D eigenvalue weighted by molar-refractivity contribution is 0.155. The number of nitrogens with one attached hydrogen (secondary N) is 1. The van der Waals surface area contributed by atoms with Gasteiger partial charge in [0, 0.05) is 37.6 Å². The largest absolute Gasteiger partial charge is 0.349 e. The second-order valence-electron chi connectivity index (χ2n) is 8.81. The van der Waals surface area contributed by atoms with Gasteiger partial charge in [-0.15, -0.1) is 0 Å². The summed E-state index contributed by atoms with van der Waals surface area (Å²) in [4.78, 5) is 35.6. The predicted octanol–water partition coefficient (Wildman–Crippen LogP) is 3.11. The van der Waals surface area contributed by atoms with Gasteiger partial charge in [-0.1, -0.05) is 43.7 Å². The van der Waals surface area contributed by atoms with E-state index in [2.05, 4.69) is 46.6 Å². The number of rotatable bonds is 7. The summed E-state index contributed by atoms with van der Waals surface area (Å²) in [6, 6.07) is 14.3. The maximum absolute atomic E-state index is 12.9. The maximum Gasteiger partial charge on any atom is 0.330 e.